The number of hydrogen-bond acceptors (Lipinski definition) is 3. The first-order valence-corrected chi connectivity index (χ1v) is 9.56. The first-order valence-electron chi connectivity index (χ1n) is 9.56. The minimum Gasteiger partial charge on any atom is -0.352 e. The van der Waals surface area contributed by atoms with Crippen molar-refractivity contribution in [2.45, 2.75) is 13.3 Å². The van der Waals surface area contributed by atoms with Crippen LogP contribution in [-0.4, -0.2) is 24.1 Å². The number of anilines is 1. The number of hydrogen-bond donors (Lipinski definition) is 2. The van der Waals surface area contributed by atoms with E-state index in [1.807, 2.05) is 31.2 Å². The number of amides is 2. The van der Waals surface area contributed by atoms with Crippen molar-refractivity contribution in [2.24, 2.45) is 0 Å². The monoisotopic (exact) mass is 384 g/mol. The second kappa shape index (κ2) is 7.72. The normalized spacial score (nSPS) is 11.6. The Balaban J connectivity index is 1.50. The molecule has 0 saturated heterocycles. The number of fused-ring (bicyclic) bond motifs is 3. The maximum Gasteiger partial charge on any atom is 0.255 e. The smallest absolute Gasteiger partial charge is 0.255 e. The third-order valence-electron chi connectivity index (χ3n) is 4.93. The van der Waals surface area contributed by atoms with Crippen molar-refractivity contribution in [2.75, 3.05) is 11.9 Å². The molecule has 2 amide bonds. The number of ketones is 1. The molecular weight excluding hydrogens is 364 g/mol. The molecule has 144 valence electrons. The summed E-state index contributed by atoms with van der Waals surface area (Å²) in [5.74, 6) is -0.506. The lowest BCUT2D eigenvalue weighted by atomic mass is 10.0. The summed E-state index contributed by atoms with van der Waals surface area (Å²) in [7, 11) is 0. The van der Waals surface area contributed by atoms with Gasteiger partial charge in [0, 0.05) is 34.5 Å². The van der Waals surface area contributed by atoms with Gasteiger partial charge in [-0.2, -0.15) is 0 Å². The van der Waals surface area contributed by atoms with E-state index in [1.165, 1.54) is 0 Å². The van der Waals surface area contributed by atoms with E-state index >= 15 is 0 Å². The minimum absolute atomic E-state index is 0.0623. The lowest BCUT2D eigenvalue weighted by Gasteiger charge is -2.08. The third kappa shape index (κ3) is 3.55. The zero-order valence-corrected chi connectivity index (χ0v) is 16.0. The zero-order chi connectivity index (χ0) is 20.4. The second-order valence-corrected chi connectivity index (χ2v) is 6.92. The average molecular weight is 384 g/mol. The predicted octanol–water partition coefficient (Wildman–Crippen LogP) is 4.29. The van der Waals surface area contributed by atoms with Gasteiger partial charge in [-0.25, -0.2) is 0 Å². The van der Waals surface area contributed by atoms with Crippen molar-refractivity contribution in [3.63, 3.8) is 0 Å². The molecule has 3 aromatic rings. The summed E-state index contributed by atoms with van der Waals surface area (Å²) < 4.78 is 0. The van der Waals surface area contributed by atoms with Gasteiger partial charge in [-0.05, 0) is 53.9 Å². The molecule has 0 unspecified atom stereocenters. The number of nitrogens with one attached hydrogen (secondary N) is 2. The topological polar surface area (TPSA) is 75.3 Å². The Hall–Kier alpha value is -3.73. The summed E-state index contributed by atoms with van der Waals surface area (Å²) in [5.41, 5.74) is 4.49. The van der Waals surface area contributed by atoms with Crippen LogP contribution in [-0.2, 0) is 0 Å². The van der Waals surface area contributed by atoms with Gasteiger partial charge in [-0.15, -0.1) is 0 Å². The summed E-state index contributed by atoms with van der Waals surface area (Å²) in [6.07, 6.45) is 0.869. The first kappa shape index (κ1) is 18.6. The van der Waals surface area contributed by atoms with Crippen molar-refractivity contribution < 1.29 is 14.4 Å². The molecule has 0 bridgehead atoms. The van der Waals surface area contributed by atoms with Crippen LogP contribution in [0.15, 0.2) is 66.7 Å². The lowest BCUT2D eigenvalue weighted by Crippen LogP contribution is -2.23. The predicted molar refractivity (Wildman–Crippen MR) is 112 cm³/mol. The molecule has 0 aromatic heterocycles. The van der Waals surface area contributed by atoms with E-state index in [4.69, 9.17) is 0 Å². The highest BCUT2D eigenvalue weighted by Crippen LogP contribution is 2.36. The van der Waals surface area contributed by atoms with Crippen LogP contribution in [0.25, 0.3) is 11.1 Å². The van der Waals surface area contributed by atoms with Crippen LogP contribution in [0, 0.1) is 0 Å². The van der Waals surface area contributed by atoms with Crippen LogP contribution in [0.4, 0.5) is 5.69 Å². The third-order valence-corrected chi connectivity index (χ3v) is 4.93. The fourth-order valence-corrected chi connectivity index (χ4v) is 3.42. The summed E-state index contributed by atoms with van der Waals surface area (Å²) in [6.45, 7) is 2.61. The van der Waals surface area contributed by atoms with Crippen molar-refractivity contribution >= 4 is 23.3 Å². The Morgan fingerprint density at radius 3 is 2.14 bits per heavy atom. The molecule has 0 aliphatic heterocycles. The van der Waals surface area contributed by atoms with E-state index in [0.717, 1.165) is 17.5 Å². The maximum absolute atomic E-state index is 12.7. The SMILES string of the molecule is CCCNC(=O)c1ccc(NC(=O)c2ccc3c(c2)C(=O)c2ccccc2-3)cc1. The van der Waals surface area contributed by atoms with Crippen molar-refractivity contribution in [3.05, 3.63) is 89.0 Å². The molecule has 2 N–H and O–H groups in total. The Morgan fingerprint density at radius 2 is 1.41 bits per heavy atom. The van der Waals surface area contributed by atoms with Crippen LogP contribution >= 0.6 is 0 Å². The van der Waals surface area contributed by atoms with Gasteiger partial charge in [0.25, 0.3) is 11.8 Å². The molecule has 3 aromatic carbocycles. The highest BCUT2D eigenvalue weighted by molar-refractivity contribution is 6.22. The van der Waals surface area contributed by atoms with Crippen LogP contribution in [0.3, 0.4) is 0 Å². The molecule has 4 rings (SSSR count). The molecule has 0 atom stereocenters. The minimum atomic E-state index is -0.306. The average Bonchev–Trinajstić information content (AvgIpc) is 3.04. The molecule has 0 saturated carbocycles. The van der Waals surface area contributed by atoms with Crippen molar-refractivity contribution in [3.8, 4) is 11.1 Å². The van der Waals surface area contributed by atoms with Gasteiger partial charge in [0.05, 0.1) is 0 Å². The van der Waals surface area contributed by atoms with Crippen LogP contribution < -0.4 is 10.6 Å². The number of benzene rings is 3. The number of carbonyl (C=O) groups excluding carboxylic acids is 3. The quantitative estimate of drug-likeness (QED) is 0.539. The summed E-state index contributed by atoms with van der Waals surface area (Å²) in [6, 6.07) is 19.3. The van der Waals surface area contributed by atoms with Crippen LogP contribution in [0.2, 0.25) is 0 Å². The van der Waals surface area contributed by atoms with Gasteiger partial charge < -0.3 is 10.6 Å². The Bertz CT molecular complexity index is 1120. The van der Waals surface area contributed by atoms with Gasteiger partial charge in [-0.3, -0.25) is 14.4 Å². The standard InChI is InChI=1S/C24H20N2O3/c1-2-13-25-23(28)15-7-10-17(11-8-15)26-24(29)16-9-12-19-18-5-3-4-6-20(18)22(27)21(19)14-16/h3-12,14H,2,13H2,1H3,(H,25,28)(H,26,29). The molecule has 0 heterocycles. The highest BCUT2D eigenvalue weighted by Gasteiger charge is 2.27. The summed E-state index contributed by atoms with van der Waals surface area (Å²) in [4.78, 5) is 37.2. The molecular formula is C24H20N2O3. The Morgan fingerprint density at radius 1 is 0.759 bits per heavy atom. The zero-order valence-electron chi connectivity index (χ0n) is 16.0. The summed E-state index contributed by atoms with van der Waals surface area (Å²) >= 11 is 0. The molecule has 0 spiro atoms. The Kier molecular flexibility index (Phi) is 4.96. The maximum atomic E-state index is 12.7. The molecule has 0 radical (unpaired) electrons. The molecule has 0 fully saturated rings. The largest absolute Gasteiger partial charge is 0.352 e. The van der Waals surface area contributed by atoms with E-state index < -0.39 is 0 Å². The van der Waals surface area contributed by atoms with Gasteiger partial charge in [0.2, 0.25) is 0 Å². The van der Waals surface area contributed by atoms with E-state index in [-0.39, 0.29) is 17.6 Å². The van der Waals surface area contributed by atoms with E-state index in [2.05, 4.69) is 10.6 Å². The van der Waals surface area contributed by atoms with Gasteiger partial charge in [-0.1, -0.05) is 37.3 Å². The second-order valence-electron chi connectivity index (χ2n) is 6.92. The highest BCUT2D eigenvalue weighted by atomic mass is 16.2. The van der Waals surface area contributed by atoms with Gasteiger partial charge in [0.15, 0.2) is 5.78 Å². The number of rotatable bonds is 5. The fourth-order valence-electron chi connectivity index (χ4n) is 3.42. The fraction of sp³-hybridized carbons (Fsp3) is 0.125. The molecule has 5 nitrogen and oxygen atoms in total. The van der Waals surface area contributed by atoms with E-state index in [9.17, 15) is 14.4 Å². The molecule has 1 aliphatic rings. The van der Waals surface area contributed by atoms with Gasteiger partial charge >= 0.3 is 0 Å². The Labute approximate surface area is 168 Å². The van der Waals surface area contributed by atoms with Gasteiger partial charge in [0.1, 0.15) is 0 Å². The van der Waals surface area contributed by atoms with Crippen LogP contribution in [0.5, 0.6) is 0 Å². The molecule has 5 heteroatoms. The first-order chi connectivity index (χ1) is 14.1. The number of carbonyl (C=O) groups is 3. The molecule has 1 aliphatic carbocycles. The lowest BCUT2D eigenvalue weighted by molar-refractivity contribution is 0.0952. The van der Waals surface area contributed by atoms with E-state index in [1.54, 1.807) is 42.5 Å². The van der Waals surface area contributed by atoms with Crippen molar-refractivity contribution in [1.82, 2.24) is 5.32 Å². The van der Waals surface area contributed by atoms with Crippen molar-refractivity contribution in [1.29, 1.82) is 0 Å². The van der Waals surface area contributed by atoms with E-state index in [0.29, 0.717) is 34.5 Å². The summed E-state index contributed by atoms with van der Waals surface area (Å²) in [5, 5.41) is 5.62. The molecule has 29 heavy (non-hydrogen) atoms. The van der Waals surface area contributed by atoms with Crippen LogP contribution in [0.1, 0.15) is 50.0 Å².